The summed E-state index contributed by atoms with van der Waals surface area (Å²) in [6.07, 6.45) is 12.6. The first-order valence-corrected chi connectivity index (χ1v) is 7.50. The van der Waals surface area contributed by atoms with E-state index >= 15 is 0 Å². The van der Waals surface area contributed by atoms with Gasteiger partial charge in [0.2, 0.25) is 5.91 Å². The Morgan fingerprint density at radius 2 is 1.89 bits per heavy atom. The predicted molar refractivity (Wildman–Crippen MR) is 71.9 cm³/mol. The van der Waals surface area contributed by atoms with Gasteiger partial charge in [-0.05, 0) is 38.0 Å². The first-order valence-electron chi connectivity index (χ1n) is 7.50. The molecule has 1 amide bonds. The van der Waals surface area contributed by atoms with Gasteiger partial charge in [-0.15, -0.1) is 0 Å². The van der Waals surface area contributed by atoms with Crippen molar-refractivity contribution >= 4 is 5.91 Å². The average molecular weight is 248 g/mol. The lowest BCUT2D eigenvalue weighted by Crippen LogP contribution is -2.51. The van der Waals surface area contributed by atoms with Crippen LogP contribution in [0.15, 0.2) is 12.2 Å². The topological polar surface area (TPSA) is 46.3 Å². The molecule has 1 aliphatic heterocycles. The van der Waals surface area contributed by atoms with Gasteiger partial charge in [0.25, 0.3) is 0 Å². The van der Waals surface area contributed by atoms with Gasteiger partial charge in [0.1, 0.15) is 0 Å². The lowest BCUT2D eigenvalue weighted by atomic mass is 9.78. The van der Waals surface area contributed by atoms with Crippen LogP contribution in [0.5, 0.6) is 0 Å². The molecule has 2 N–H and O–H groups in total. The van der Waals surface area contributed by atoms with Crippen molar-refractivity contribution in [1.29, 1.82) is 0 Å². The van der Waals surface area contributed by atoms with Gasteiger partial charge in [-0.3, -0.25) is 4.79 Å². The lowest BCUT2D eigenvalue weighted by Gasteiger charge is -2.45. The second-order valence-electron chi connectivity index (χ2n) is 6.18. The van der Waals surface area contributed by atoms with Crippen LogP contribution in [0.3, 0.4) is 0 Å². The van der Waals surface area contributed by atoms with Crippen LogP contribution in [0.4, 0.5) is 0 Å². The molecule has 4 unspecified atom stereocenters. The van der Waals surface area contributed by atoms with E-state index in [1.807, 2.05) is 12.2 Å². The minimum absolute atomic E-state index is 0.0562. The fraction of sp³-hybridized carbons (Fsp3) is 0.800. The van der Waals surface area contributed by atoms with Crippen LogP contribution < -0.4 is 5.73 Å². The first-order chi connectivity index (χ1) is 8.75. The minimum Gasteiger partial charge on any atom is -0.339 e. The Balaban J connectivity index is 1.70. The fourth-order valence-electron chi connectivity index (χ4n) is 4.02. The van der Waals surface area contributed by atoms with Gasteiger partial charge in [-0.25, -0.2) is 0 Å². The molecular formula is C15H24N2O. The summed E-state index contributed by atoms with van der Waals surface area (Å²) in [5.74, 6) is 1.17. The standard InChI is InChI=1S/C15H24N2O/c16-13-8-7-12(10-13)15(18)17-9-3-5-11-4-1-2-6-14(11)17/h7-8,11-14H,1-6,9-10,16H2. The smallest absolute Gasteiger partial charge is 0.229 e. The Labute approximate surface area is 109 Å². The molecule has 1 saturated carbocycles. The van der Waals surface area contributed by atoms with Crippen LogP contribution in [0.1, 0.15) is 44.9 Å². The summed E-state index contributed by atoms with van der Waals surface area (Å²) in [5, 5.41) is 0. The highest BCUT2D eigenvalue weighted by molar-refractivity contribution is 5.81. The molecule has 18 heavy (non-hydrogen) atoms. The first kappa shape index (κ1) is 12.2. The molecule has 3 heteroatoms. The Morgan fingerprint density at radius 1 is 1.11 bits per heavy atom. The van der Waals surface area contributed by atoms with Gasteiger partial charge in [-0.2, -0.15) is 0 Å². The van der Waals surface area contributed by atoms with Gasteiger partial charge in [-0.1, -0.05) is 25.0 Å². The molecular weight excluding hydrogens is 224 g/mol. The number of nitrogens with two attached hydrogens (primary N) is 1. The molecule has 3 rings (SSSR count). The number of carbonyl (C=O) groups is 1. The second-order valence-corrected chi connectivity index (χ2v) is 6.18. The molecule has 1 heterocycles. The summed E-state index contributed by atoms with van der Waals surface area (Å²) >= 11 is 0. The Hall–Kier alpha value is -0.830. The third kappa shape index (κ3) is 2.20. The maximum absolute atomic E-state index is 12.6. The molecule has 3 nitrogen and oxygen atoms in total. The fourth-order valence-corrected chi connectivity index (χ4v) is 4.02. The van der Waals surface area contributed by atoms with Crippen LogP contribution in [0, 0.1) is 11.8 Å². The highest BCUT2D eigenvalue weighted by Crippen LogP contribution is 2.36. The molecule has 0 bridgehead atoms. The van der Waals surface area contributed by atoms with Crippen molar-refractivity contribution < 1.29 is 4.79 Å². The largest absolute Gasteiger partial charge is 0.339 e. The molecule has 1 saturated heterocycles. The van der Waals surface area contributed by atoms with Gasteiger partial charge < -0.3 is 10.6 Å². The Bertz CT molecular complexity index is 350. The van der Waals surface area contributed by atoms with Crippen LogP contribution in [0.25, 0.3) is 0 Å². The van der Waals surface area contributed by atoms with Crippen LogP contribution >= 0.6 is 0 Å². The highest BCUT2D eigenvalue weighted by atomic mass is 16.2. The molecule has 0 aromatic rings. The monoisotopic (exact) mass is 248 g/mol. The normalized spacial score (nSPS) is 39.7. The Morgan fingerprint density at radius 3 is 2.67 bits per heavy atom. The third-order valence-corrected chi connectivity index (χ3v) is 4.96. The van der Waals surface area contributed by atoms with Crippen molar-refractivity contribution in [3.63, 3.8) is 0 Å². The van der Waals surface area contributed by atoms with E-state index in [2.05, 4.69) is 4.90 Å². The van der Waals surface area contributed by atoms with E-state index in [1.165, 1.54) is 38.5 Å². The molecule has 100 valence electrons. The van der Waals surface area contributed by atoms with Crippen LogP contribution in [-0.2, 0) is 4.79 Å². The van der Waals surface area contributed by atoms with E-state index in [0.29, 0.717) is 11.9 Å². The number of fused-ring (bicyclic) bond motifs is 1. The highest BCUT2D eigenvalue weighted by Gasteiger charge is 2.38. The van der Waals surface area contributed by atoms with Crippen molar-refractivity contribution in [2.45, 2.75) is 57.0 Å². The maximum Gasteiger partial charge on any atom is 0.229 e. The zero-order chi connectivity index (χ0) is 12.5. The van der Waals surface area contributed by atoms with E-state index < -0.39 is 0 Å². The summed E-state index contributed by atoms with van der Waals surface area (Å²) in [5.41, 5.74) is 5.87. The van der Waals surface area contributed by atoms with E-state index in [1.54, 1.807) is 0 Å². The number of amides is 1. The Kier molecular flexibility index (Phi) is 3.42. The minimum atomic E-state index is 0.0562. The molecule has 2 fully saturated rings. The van der Waals surface area contributed by atoms with Crippen molar-refractivity contribution in [2.24, 2.45) is 17.6 Å². The zero-order valence-electron chi connectivity index (χ0n) is 11.1. The SMILES string of the molecule is NC1C=CC(C(=O)N2CCCC3CCCCC32)C1. The van der Waals surface area contributed by atoms with Gasteiger partial charge >= 0.3 is 0 Å². The summed E-state index contributed by atoms with van der Waals surface area (Å²) in [7, 11) is 0. The molecule has 3 aliphatic rings. The van der Waals surface area contributed by atoms with Gasteiger partial charge in [0.15, 0.2) is 0 Å². The van der Waals surface area contributed by atoms with Crippen molar-refractivity contribution in [1.82, 2.24) is 4.90 Å². The lowest BCUT2D eigenvalue weighted by molar-refractivity contribution is -0.140. The van der Waals surface area contributed by atoms with E-state index in [0.717, 1.165) is 18.9 Å². The summed E-state index contributed by atoms with van der Waals surface area (Å²) in [4.78, 5) is 14.8. The number of nitrogens with zero attached hydrogens (tertiary/aromatic N) is 1. The van der Waals surface area contributed by atoms with Crippen LogP contribution in [0.2, 0.25) is 0 Å². The molecule has 2 aliphatic carbocycles. The molecule has 0 aromatic carbocycles. The number of hydrogen-bond acceptors (Lipinski definition) is 2. The van der Waals surface area contributed by atoms with Gasteiger partial charge in [0.05, 0.1) is 5.92 Å². The van der Waals surface area contributed by atoms with Crippen molar-refractivity contribution in [3.8, 4) is 0 Å². The third-order valence-electron chi connectivity index (χ3n) is 4.96. The summed E-state index contributed by atoms with van der Waals surface area (Å²) < 4.78 is 0. The van der Waals surface area contributed by atoms with Gasteiger partial charge in [0, 0.05) is 18.6 Å². The van der Waals surface area contributed by atoms with E-state index in [4.69, 9.17) is 5.73 Å². The molecule has 4 atom stereocenters. The predicted octanol–water partition coefficient (Wildman–Crippen LogP) is 2.07. The quantitative estimate of drug-likeness (QED) is 0.722. The number of hydrogen-bond donors (Lipinski definition) is 1. The van der Waals surface area contributed by atoms with Crippen LogP contribution in [-0.4, -0.2) is 29.4 Å². The maximum atomic E-state index is 12.6. The zero-order valence-corrected chi connectivity index (χ0v) is 11.1. The molecule has 0 spiro atoms. The number of piperidine rings is 1. The van der Waals surface area contributed by atoms with Crippen molar-refractivity contribution in [2.75, 3.05) is 6.54 Å². The number of likely N-dealkylation sites (tertiary alicyclic amines) is 1. The molecule has 0 radical (unpaired) electrons. The molecule has 0 aromatic heterocycles. The van der Waals surface area contributed by atoms with E-state index in [9.17, 15) is 4.79 Å². The average Bonchev–Trinajstić information content (AvgIpc) is 2.84. The van der Waals surface area contributed by atoms with E-state index in [-0.39, 0.29) is 12.0 Å². The number of rotatable bonds is 1. The number of carbonyl (C=O) groups excluding carboxylic acids is 1. The summed E-state index contributed by atoms with van der Waals surface area (Å²) in [6, 6.07) is 0.621. The van der Waals surface area contributed by atoms with Crippen molar-refractivity contribution in [3.05, 3.63) is 12.2 Å². The summed E-state index contributed by atoms with van der Waals surface area (Å²) in [6.45, 7) is 0.972. The second kappa shape index (κ2) is 5.04.